The Labute approximate surface area is 236 Å². The molecule has 8 aromatic rings. The van der Waals surface area contributed by atoms with Gasteiger partial charge in [0.05, 0.1) is 0 Å². The van der Waals surface area contributed by atoms with Gasteiger partial charge in [-0.2, -0.15) is 0 Å². The monoisotopic (exact) mass is 718 g/mol. The van der Waals surface area contributed by atoms with Gasteiger partial charge < -0.3 is 0 Å². The van der Waals surface area contributed by atoms with Crippen LogP contribution in [0.2, 0.25) is 0 Å². The highest BCUT2D eigenvalue weighted by atomic mass is 79.9. The van der Waals surface area contributed by atoms with Crippen LogP contribution in [0.5, 0.6) is 0 Å². The lowest BCUT2D eigenvalue weighted by Gasteiger charge is -2.21. The highest BCUT2D eigenvalue weighted by molar-refractivity contribution is 9.13. The molecule has 36 heavy (non-hydrogen) atoms. The first-order valence-corrected chi connectivity index (χ1v) is 14.4. The number of halogens is 4. The van der Waals surface area contributed by atoms with Gasteiger partial charge in [0.1, 0.15) is 0 Å². The molecule has 2 nitrogen and oxygen atoms in total. The standard InChI is InChI=1S/C30H10Br4O2/c31-18-5-2-4-13-16-10-17-25-20-11(7-8-14(21(16)20)29(35)22(13)18)9-15-12-3-1-6-19(32)23(12)30(36)26(24(15)25)28(34)27(17)33/h1-10H. The number of hydrogen-bond acceptors (Lipinski definition) is 2. The average molecular weight is 722 g/mol. The molecule has 0 amide bonds. The molecule has 0 aliphatic rings. The highest BCUT2D eigenvalue weighted by Gasteiger charge is 2.25. The summed E-state index contributed by atoms with van der Waals surface area (Å²) in [5.74, 6) is 0. The van der Waals surface area contributed by atoms with Gasteiger partial charge in [-0.15, -0.1) is 0 Å². The van der Waals surface area contributed by atoms with Crippen LogP contribution in [-0.4, -0.2) is 0 Å². The summed E-state index contributed by atoms with van der Waals surface area (Å²) < 4.78 is 3.16. The van der Waals surface area contributed by atoms with Gasteiger partial charge in [0.15, 0.2) is 10.9 Å². The maximum absolute atomic E-state index is 13.9. The van der Waals surface area contributed by atoms with Crippen LogP contribution in [-0.2, 0) is 0 Å². The van der Waals surface area contributed by atoms with Crippen molar-refractivity contribution in [3.63, 3.8) is 0 Å². The zero-order chi connectivity index (χ0) is 24.6. The van der Waals surface area contributed by atoms with E-state index in [0.717, 1.165) is 71.8 Å². The summed E-state index contributed by atoms with van der Waals surface area (Å²) in [6.45, 7) is 0. The second-order valence-electron chi connectivity index (χ2n) is 9.22. The van der Waals surface area contributed by atoms with E-state index in [9.17, 15) is 9.59 Å². The van der Waals surface area contributed by atoms with E-state index in [2.05, 4.69) is 75.9 Å². The molecule has 0 atom stereocenters. The second-order valence-corrected chi connectivity index (χ2v) is 12.5. The predicted octanol–water partition coefficient (Wildman–Crippen LogP) is 9.84. The minimum Gasteiger partial charge on any atom is -0.289 e. The molecule has 0 aromatic heterocycles. The normalized spacial score (nSPS) is 12.7. The van der Waals surface area contributed by atoms with Gasteiger partial charge in [0.25, 0.3) is 0 Å². The van der Waals surface area contributed by atoms with Crippen LogP contribution in [0.15, 0.2) is 88.1 Å². The highest BCUT2D eigenvalue weighted by Crippen LogP contribution is 2.50. The molecule has 0 saturated heterocycles. The molecule has 8 aromatic carbocycles. The van der Waals surface area contributed by atoms with Crippen LogP contribution >= 0.6 is 63.7 Å². The summed E-state index contributed by atoms with van der Waals surface area (Å²) >= 11 is 14.8. The van der Waals surface area contributed by atoms with Gasteiger partial charge in [0, 0.05) is 50.2 Å². The third-order valence-electron chi connectivity index (χ3n) is 7.57. The number of benzene rings is 8. The molecule has 8 rings (SSSR count). The SMILES string of the molecule is O=c1c2ccc3cc4c5cccc(Br)c5c(=O)c5c(Br)c(Br)c6cc(c7cccc(Br)c17)c2c3c6c54. The van der Waals surface area contributed by atoms with E-state index in [1.165, 1.54) is 0 Å². The molecule has 0 fully saturated rings. The summed E-state index contributed by atoms with van der Waals surface area (Å²) in [6.07, 6.45) is 0. The quantitative estimate of drug-likeness (QED) is 0.115. The van der Waals surface area contributed by atoms with Crippen LogP contribution in [0.4, 0.5) is 0 Å². The fraction of sp³-hybridized carbons (Fsp3) is 0. The molecule has 170 valence electrons. The summed E-state index contributed by atoms with van der Waals surface area (Å²) in [5, 5.41) is 12.6. The molecule has 0 saturated carbocycles. The molecule has 0 unspecified atom stereocenters. The minimum absolute atomic E-state index is 0.0149. The van der Waals surface area contributed by atoms with Crippen molar-refractivity contribution in [2.75, 3.05) is 0 Å². The molecule has 0 N–H and O–H groups in total. The Morgan fingerprint density at radius 1 is 0.417 bits per heavy atom. The minimum atomic E-state index is -0.0200. The maximum Gasteiger partial charge on any atom is 0.196 e. The van der Waals surface area contributed by atoms with E-state index in [1.54, 1.807) is 0 Å². The van der Waals surface area contributed by atoms with Gasteiger partial charge in [-0.3, -0.25) is 9.59 Å². The molecule has 0 radical (unpaired) electrons. The van der Waals surface area contributed by atoms with Gasteiger partial charge in [0.2, 0.25) is 0 Å². The number of hydrogen-bond donors (Lipinski definition) is 0. The summed E-state index contributed by atoms with van der Waals surface area (Å²) in [6, 6.07) is 20.1. The third kappa shape index (κ3) is 2.42. The van der Waals surface area contributed by atoms with Crippen molar-refractivity contribution in [1.82, 2.24) is 0 Å². The predicted molar refractivity (Wildman–Crippen MR) is 166 cm³/mol. The molecule has 0 aliphatic heterocycles. The van der Waals surface area contributed by atoms with Crippen LogP contribution in [0.25, 0.3) is 75.4 Å². The number of fused-ring (bicyclic) bond motifs is 4. The molecular formula is C30H10Br4O2. The Morgan fingerprint density at radius 3 is 1.72 bits per heavy atom. The van der Waals surface area contributed by atoms with Crippen molar-refractivity contribution in [1.29, 1.82) is 0 Å². The molecule has 0 heterocycles. The summed E-state index contributed by atoms with van der Waals surface area (Å²) in [7, 11) is 0. The van der Waals surface area contributed by atoms with Crippen LogP contribution < -0.4 is 10.9 Å². The van der Waals surface area contributed by atoms with Crippen LogP contribution in [0, 0.1) is 0 Å². The Morgan fingerprint density at radius 2 is 1.03 bits per heavy atom. The zero-order valence-electron chi connectivity index (χ0n) is 18.1. The number of rotatable bonds is 0. The van der Waals surface area contributed by atoms with Gasteiger partial charge in [-0.25, -0.2) is 0 Å². The lowest BCUT2D eigenvalue weighted by molar-refractivity contribution is 1.66. The van der Waals surface area contributed by atoms with Crippen molar-refractivity contribution in [3.05, 3.63) is 99.0 Å². The Balaban J connectivity index is 1.83. The first kappa shape index (κ1) is 21.7. The third-order valence-corrected chi connectivity index (χ3v) is 11.0. The molecule has 0 spiro atoms. The molecule has 6 heteroatoms. The van der Waals surface area contributed by atoms with Gasteiger partial charge in [-0.1, -0.05) is 62.2 Å². The van der Waals surface area contributed by atoms with Crippen LogP contribution in [0.3, 0.4) is 0 Å². The Bertz CT molecular complexity index is 2380. The largest absolute Gasteiger partial charge is 0.289 e. The zero-order valence-corrected chi connectivity index (χ0v) is 24.4. The fourth-order valence-corrected chi connectivity index (χ4v) is 8.35. The van der Waals surface area contributed by atoms with E-state index in [-0.39, 0.29) is 10.9 Å². The average Bonchev–Trinajstić information content (AvgIpc) is 2.87. The van der Waals surface area contributed by atoms with Gasteiger partial charge in [-0.05, 0) is 105 Å². The fourth-order valence-electron chi connectivity index (χ4n) is 6.15. The van der Waals surface area contributed by atoms with Crippen molar-refractivity contribution in [3.8, 4) is 0 Å². The smallest absolute Gasteiger partial charge is 0.196 e. The van der Waals surface area contributed by atoms with Crippen molar-refractivity contribution in [2.45, 2.75) is 0 Å². The van der Waals surface area contributed by atoms with E-state index < -0.39 is 0 Å². The van der Waals surface area contributed by atoms with E-state index in [0.29, 0.717) is 21.5 Å². The van der Waals surface area contributed by atoms with Crippen molar-refractivity contribution in [2.24, 2.45) is 0 Å². The Kier molecular flexibility index (Phi) is 4.30. The maximum atomic E-state index is 13.9. The van der Waals surface area contributed by atoms with E-state index in [4.69, 9.17) is 0 Å². The van der Waals surface area contributed by atoms with Gasteiger partial charge >= 0.3 is 0 Å². The molecule has 0 aliphatic carbocycles. The Hall–Kier alpha value is -2.38. The second kappa shape index (κ2) is 7.13. The van der Waals surface area contributed by atoms with Crippen LogP contribution in [0.1, 0.15) is 0 Å². The molecular weight excluding hydrogens is 712 g/mol. The van der Waals surface area contributed by atoms with E-state index in [1.807, 2.05) is 48.5 Å². The summed E-state index contributed by atoms with van der Waals surface area (Å²) in [5.41, 5.74) is -0.00516. The lowest BCUT2D eigenvalue weighted by Crippen LogP contribution is -2.08. The van der Waals surface area contributed by atoms with Crippen molar-refractivity contribution >= 4 is 139 Å². The summed E-state index contributed by atoms with van der Waals surface area (Å²) in [4.78, 5) is 27.7. The first-order valence-electron chi connectivity index (χ1n) is 11.2. The first-order chi connectivity index (χ1) is 17.4. The lowest BCUT2D eigenvalue weighted by atomic mass is 9.84. The topological polar surface area (TPSA) is 34.1 Å². The molecule has 0 bridgehead atoms. The van der Waals surface area contributed by atoms with Crippen molar-refractivity contribution < 1.29 is 0 Å². The van der Waals surface area contributed by atoms with E-state index >= 15 is 0 Å².